The molecule has 104 valence electrons. The van der Waals surface area contributed by atoms with Crippen LogP contribution in [0.15, 0.2) is 0 Å². The van der Waals surface area contributed by atoms with Crippen LogP contribution in [-0.4, -0.2) is 37.1 Å². The second-order valence-corrected chi connectivity index (χ2v) is 7.28. The highest BCUT2D eigenvalue weighted by Gasteiger charge is 2.54. The maximum Gasteiger partial charge on any atom is 0.00767 e. The number of nitrogens with zero attached hydrogens (tertiary/aromatic N) is 1. The third kappa shape index (κ3) is 2.91. The van der Waals surface area contributed by atoms with Gasteiger partial charge in [0.2, 0.25) is 0 Å². The lowest BCUT2D eigenvalue weighted by molar-refractivity contribution is 0.156. The maximum atomic E-state index is 3.73. The molecule has 2 atom stereocenters. The molecule has 0 aromatic heterocycles. The van der Waals surface area contributed by atoms with Crippen LogP contribution in [0.3, 0.4) is 0 Å². The second-order valence-electron chi connectivity index (χ2n) is 7.28. The molecule has 3 aliphatic rings. The largest absolute Gasteiger partial charge is 0.314 e. The van der Waals surface area contributed by atoms with Gasteiger partial charge in [-0.2, -0.15) is 0 Å². The van der Waals surface area contributed by atoms with Crippen molar-refractivity contribution in [2.45, 2.75) is 58.4 Å². The van der Waals surface area contributed by atoms with Crippen molar-refractivity contribution in [1.29, 1.82) is 0 Å². The summed E-state index contributed by atoms with van der Waals surface area (Å²) < 4.78 is 0. The Morgan fingerprint density at radius 2 is 2.00 bits per heavy atom. The van der Waals surface area contributed by atoms with Crippen LogP contribution in [0.4, 0.5) is 0 Å². The molecule has 1 N–H and O–H groups in total. The van der Waals surface area contributed by atoms with E-state index in [-0.39, 0.29) is 0 Å². The lowest BCUT2D eigenvalue weighted by Gasteiger charge is -2.34. The summed E-state index contributed by atoms with van der Waals surface area (Å²) in [6.07, 6.45) is 8.75. The summed E-state index contributed by atoms with van der Waals surface area (Å²) >= 11 is 0. The summed E-state index contributed by atoms with van der Waals surface area (Å²) in [5.74, 6) is 1.92. The van der Waals surface area contributed by atoms with Crippen molar-refractivity contribution in [3.05, 3.63) is 0 Å². The van der Waals surface area contributed by atoms with Crippen molar-refractivity contribution in [2.75, 3.05) is 26.2 Å². The Morgan fingerprint density at radius 3 is 2.61 bits per heavy atom. The van der Waals surface area contributed by atoms with Gasteiger partial charge in [0.05, 0.1) is 0 Å². The fourth-order valence-corrected chi connectivity index (χ4v) is 3.89. The molecule has 3 rings (SSSR count). The highest BCUT2D eigenvalue weighted by atomic mass is 15.2. The summed E-state index contributed by atoms with van der Waals surface area (Å²) in [6, 6.07) is 0.756. The van der Waals surface area contributed by atoms with Gasteiger partial charge >= 0.3 is 0 Å². The van der Waals surface area contributed by atoms with E-state index in [1.165, 1.54) is 64.7 Å². The molecule has 0 radical (unpaired) electrons. The minimum Gasteiger partial charge on any atom is -0.314 e. The molecule has 0 aromatic carbocycles. The summed E-state index contributed by atoms with van der Waals surface area (Å²) in [5, 5.41) is 3.73. The molecule has 2 heteroatoms. The van der Waals surface area contributed by atoms with Gasteiger partial charge in [0, 0.05) is 19.1 Å². The summed E-state index contributed by atoms with van der Waals surface area (Å²) in [5.41, 5.74) is 0.786. The monoisotopic (exact) mass is 250 g/mol. The smallest absolute Gasteiger partial charge is 0.00767 e. The van der Waals surface area contributed by atoms with E-state index < -0.39 is 0 Å². The van der Waals surface area contributed by atoms with Gasteiger partial charge in [-0.25, -0.2) is 0 Å². The SMILES string of the molecule is CCC1CCN(CC2(C3CC3)CC2)CC(C)CN1. The Labute approximate surface area is 113 Å². The molecule has 1 heterocycles. The molecular weight excluding hydrogens is 220 g/mol. The molecule has 2 aliphatic carbocycles. The number of hydrogen-bond acceptors (Lipinski definition) is 2. The summed E-state index contributed by atoms with van der Waals surface area (Å²) in [4.78, 5) is 2.81. The first kappa shape index (κ1) is 12.9. The van der Waals surface area contributed by atoms with E-state index in [9.17, 15) is 0 Å². The number of rotatable bonds is 4. The Hall–Kier alpha value is -0.0800. The van der Waals surface area contributed by atoms with Gasteiger partial charge in [0.1, 0.15) is 0 Å². The van der Waals surface area contributed by atoms with Gasteiger partial charge < -0.3 is 10.2 Å². The predicted octanol–water partition coefficient (Wildman–Crippen LogP) is 2.89. The second kappa shape index (κ2) is 5.13. The average molecular weight is 250 g/mol. The molecular formula is C16H30N2. The van der Waals surface area contributed by atoms with Crippen molar-refractivity contribution >= 4 is 0 Å². The van der Waals surface area contributed by atoms with Crippen molar-refractivity contribution in [3.8, 4) is 0 Å². The van der Waals surface area contributed by atoms with Crippen molar-refractivity contribution < 1.29 is 0 Å². The van der Waals surface area contributed by atoms with Gasteiger partial charge in [-0.1, -0.05) is 13.8 Å². The molecule has 2 nitrogen and oxygen atoms in total. The fraction of sp³-hybridized carbons (Fsp3) is 1.00. The zero-order valence-electron chi connectivity index (χ0n) is 12.3. The fourth-order valence-electron chi connectivity index (χ4n) is 3.89. The molecule has 2 unspecified atom stereocenters. The van der Waals surface area contributed by atoms with Gasteiger partial charge in [-0.15, -0.1) is 0 Å². The van der Waals surface area contributed by atoms with Gasteiger partial charge in [-0.05, 0) is 68.9 Å². The van der Waals surface area contributed by atoms with E-state index in [0.29, 0.717) is 0 Å². The third-order valence-electron chi connectivity index (χ3n) is 5.49. The van der Waals surface area contributed by atoms with Crippen LogP contribution in [0.5, 0.6) is 0 Å². The molecule has 0 amide bonds. The molecule has 0 bridgehead atoms. The molecule has 18 heavy (non-hydrogen) atoms. The minimum atomic E-state index is 0.756. The molecule has 2 saturated carbocycles. The van der Waals surface area contributed by atoms with E-state index in [1.54, 1.807) is 0 Å². The zero-order chi connectivity index (χ0) is 12.6. The van der Waals surface area contributed by atoms with Gasteiger partial charge in [0.15, 0.2) is 0 Å². The van der Waals surface area contributed by atoms with Crippen LogP contribution in [0.25, 0.3) is 0 Å². The van der Waals surface area contributed by atoms with Gasteiger partial charge in [-0.3, -0.25) is 0 Å². The quantitative estimate of drug-likeness (QED) is 0.825. The van der Waals surface area contributed by atoms with Crippen LogP contribution in [-0.2, 0) is 0 Å². The van der Waals surface area contributed by atoms with Crippen LogP contribution in [0, 0.1) is 17.3 Å². The number of nitrogens with one attached hydrogen (secondary N) is 1. The molecule has 0 aromatic rings. The average Bonchev–Trinajstić information content (AvgIpc) is 3.19. The lowest BCUT2D eigenvalue weighted by atomic mass is 9.97. The first-order chi connectivity index (χ1) is 8.72. The van der Waals surface area contributed by atoms with Crippen molar-refractivity contribution in [3.63, 3.8) is 0 Å². The van der Waals surface area contributed by atoms with E-state index in [0.717, 1.165) is 23.3 Å². The maximum absolute atomic E-state index is 3.73. The first-order valence-corrected chi connectivity index (χ1v) is 8.17. The molecule has 3 fully saturated rings. The van der Waals surface area contributed by atoms with Crippen LogP contribution in [0.2, 0.25) is 0 Å². The Bertz CT molecular complexity index is 281. The Morgan fingerprint density at radius 1 is 1.22 bits per heavy atom. The van der Waals surface area contributed by atoms with E-state index in [1.807, 2.05) is 0 Å². The summed E-state index contributed by atoms with van der Waals surface area (Å²) in [7, 11) is 0. The van der Waals surface area contributed by atoms with E-state index in [4.69, 9.17) is 0 Å². The molecule has 0 spiro atoms. The van der Waals surface area contributed by atoms with E-state index >= 15 is 0 Å². The highest BCUT2D eigenvalue weighted by Crippen LogP contribution is 2.61. The predicted molar refractivity (Wildman–Crippen MR) is 76.7 cm³/mol. The molecule has 1 saturated heterocycles. The number of hydrogen-bond donors (Lipinski definition) is 1. The van der Waals surface area contributed by atoms with Crippen LogP contribution in [0.1, 0.15) is 52.4 Å². The normalized spacial score (nSPS) is 37.0. The standard InChI is InChI=1S/C16H30N2/c1-3-15-6-9-18(11-13(2)10-17-15)12-16(7-8-16)14-4-5-14/h13-15,17H,3-12H2,1-2H3. The van der Waals surface area contributed by atoms with Crippen LogP contribution >= 0.6 is 0 Å². The molecule has 1 aliphatic heterocycles. The Kier molecular flexibility index (Phi) is 3.68. The minimum absolute atomic E-state index is 0.756. The third-order valence-corrected chi connectivity index (χ3v) is 5.49. The summed E-state index contributed by atoms with van der Waals surface area (Å²) in [6.45, 7) is 10.0. The van der Waals surface area contributed by atoms with Gasteiger partial charge in [0.25, 0.3) is 0 Å². The van der Waals surface area contributed by atoms with Crippen molar-refractivity contribution in [1.82, 2.24) is 10.2 Å². The highest BCUT2D eigenvalue weighted by molar-refractivity contribution is 5.05. The van der Waals surface area contributed by atoms with Crippen molar-refractivity contribution in [2.24, 2.45) is 17.3 Å². The zero-order valence-corrected chi connectivity index (χ0v) is 12.3. The van der Waals surface area contributed by atoms with E-state index in [2.05, 4.69) is 24.1 Å². The lowest BCUT2D eigenvalue weighted by Crippen LogP contribution is -2.45. The topological polar surface area (TPSA) is 15.3 Å². The Balaban J connectivity index is 1.56. The first-order valence-electron chi connectivity index (χ1n) is 8.17. The van der Waals surface area contributed by atoms with Crippen LogP contribution < -0.4 is 5.32 Å².